The molecule has 4 rings (SSSR count). The molecule has 0 saturated carbocycles. The molecular weight excluding hydrogens is 420 g/mol. The van der Waals surface area contributed by atoms with E-state index in [0.717, 1.165) is 22.7 Å². The van der Waals surface area contributed by atoms with Crippen molar-refractivity contribution in [3.8, 4) is 11.4 Å². The molecule has 152 valence electrons. The lowest BCUT2D eigenvalue weighted by molar-refractivity contribution is 0.220. The Kier molecular flexibility index (Phi) is 6.06. The Morgan fingerprint density at radius 2 is 1.90 bits per heavy atom. The molecule has 0 saturated heterocycles. The Balaban J connectivity index is 1.34. The van der Waals surface area contributed by atoms with Crippen molar-refractivity contribution < 1.29 is 4.79 Å². The van der Waals surface area contributed by atoms with Crippen LogP contribution in [0, 0.1) is 0 Å². The Hall–Kier alpha value is -3.23. The van der Waals surface area contributed by atoms with Crippen LogP contribution in [0.1, 0.15) is 11.1 Å². The molecule has 2 aromatic carbocycles. The van der Waals surface area contributed by atoms with E-state index in [4.69, 9.17) is 11.6 Å². The minimum atomic E-state index is -0.260. The normalized spacial score (nSPS) is 10.7. The summed E-state index contributed by atoms with van der Waals surface area (Å²) >= 11 is 7.05. The zero-order valence-electron chi connectivity index (χ0n) is 16.2. The number of rotatable bonds is 6. The fourth-order valence-electron chi connectivity index (χ4n) is 2.87. The standard InChI is InChI=1S/C21H19ClN6OS/c1-27(12-16-11-23-28(14-16)13-15-5-3-2-4-6-15)21(29)25-20-24-19(26-30-20)17-7-9-18(22)10-8-17/h2-11,14H,12-13H2,1H3,(H,24,25,26,29). The van der Waals surface area contributed by atoms with E-state index in [2.05, 4.69) is 31.9 Å². The van der Waals surface area contributed by atoms with Gasteiger partial charge in [-0.15, -0.1) is 0 Å². The molecule has 0 spiro atoms. The van der Waals surface area contributed by atoms with Gasteiger partial charge in [0.1, 0.15) is 0 Å². The Bertz CT molecular complexity index is 1130. The molecule has 2 amide bonds. The van der Waals surface area contributed by atoms with Crippen molar-refractivity contribution in [1.29, 1.82) is 0 Å². The number of nitrogens with zero attached hydrogens (tertiary/aromatic N) is 5. The number of anilines is 1. The minimum absolute atomic E-state index is 0.260. The zero-order chi connectivity index (χ0) is 20.9. The smallest absolute Gasteiger partial charge is 0.323 e. The van der Waals surface area contributed by atoms with E-state index >= 15 is 0 Å². The van der Waals surface area contributed by atoms with Crippen molar-refractivity contribution >= 4 is 34.3 Å². The number of hydrogen-bond donors (Lipinski definition) is 1. The van der Waals surface area contributed by atoms with E-state index in [1.807, 2.05) is 41.2 Å². The molecule has 0 aliphatic carbocycles. The fraction of sp³-hybridized carbons (Fsp3) is 0.143. The molecular formula is C21H19ClN6OS. The summed E-state index contributed by atoms with van der Waals surface area (Å²) in [5.74, 6) is 0.553. The maximum Gasteiger partial charge on any atom is 0.323 e. The summed E-state index contributed by atoms with van der Waals surface area (Å²) in [5.41, 5.74) is 2.96. The first-order valence-electron chi connectivity index (χ1n) is 9.24. The molecule has 0 fully saturated rings. The van der Waals surface area contributed by atoms with Gasteiger partial charge in [-0.05, 0) is 29.8 Å². The molecule has 0 radical (unpaired) electrons. The number of carbonyl (C=O) groups excluding carboxylic acids is 1. The maximum atomic E-state index is 12.5. The number of urea groups is 1. The highest BCUT2D eigenvalue weighted by Gasteiger charge is 2.14. The van der Waals surface area contributed by atoms with Gasteiger partial charge in [0.15, 0.2) is 5.82 Å². The van der Waals surface area contributed by atoms with Crippen LogP contribution in [-0.4, -0.2) is 37.1 Å². The van der Waals surface area contributed by atoms with Crippen LogP contribution >= 0.6 is 23.1 Å². The topological polar surface area (TPSA) is 75.9 Å². The van der Waals surface area contributed by atoms with E-state index in [1.54, 1.807) is 30.3 Å². The summed E-state index contributed by atoms with van der Waals surface area (Å²) < 4.78 is 6.16. The molecule has 9 heteroatoms. The Labute approximate surface area is 183 Å². The minimum Gasteiger partial charge on any atom is -0.323 e. The lowest BCUT2D eigenvalue weighted by atomic mass is 10.2. The van der Waals surface area contributed by atoms with Crippen molar-refractivity contribution in [3.63, 3.8) is 0 Å². The van der Waals surface area contributed by atoms with Crippen LogP contribution in [0.3, 0.4) is 0 Å². The van der Waals surface area contributed by atoms with Crippen molar-refractivity contribution in [1.82, 2.24) is 24.0 Å². The highest BCUT2D eigenvalue weighted by atomic mass is 35.5. The first-order valence-corrected chi connectivity index (χ1v) is 10.4. The number of benzene rings is 2. The zero-order valence-corrected chi connectivity index (χ0v) is 17.8. The highest BCUT2D eigenvalue weighted by molar-refractivity contribution is 7.10. The van der Waals surface area contributed by atoms with Gasteiger partial charge in [0.25, 0.3) is 0 Å². The maximum absolute atomic E-state index is 12.5. The number of aromatic nitrogens is 4. The molecule has 7 nitrogen and oxygen atoms in total. The summed E-state index contributed by atoms with van der Waals surface area (Å²) in [6, 6.07) is 17.1. The Morgan fingerprint density at radius 3 is 2.67 bits per heavy atom. The third kappa shape index (κ3) is 5.03. The molecule has 0 aliphatic rings. The predicted molar refractivity (Wildman–Crippen MR) is 119 cm³/mol. The lowest BCUT2D eigenvalue weighted by Gasteiger charge is -2.15. The summed E-state index contributed by atoms with van der Waals surface area (Å²) in [6.45, 7) is 1.12. The molecule has 1 N–H and O–H groups in total. The fourth-order valence-corrected chi connectivity index (χ4v) is 3.57. The van der Waals surface area contributed by atoms with Crippen molar-refractivity contribution in [2.45, 2.75) is 13.1 Å². The van der Waals surface area contributed by atoms with Gasteiger partial charge in [0, 0.05) is 40.9 Å². The monoisotopic (exact) mass is 438 g/mol. The van der Waals surface area contributed by atoms with Crippen molar-refractivity contribution in [2.75, 3.05) is 12.4 Å². The molecule has 4 aromatic rings. The van der Waals surface area contributed by atoms with Gasteiger partial charge >= 0.3 is 6.03 Å². The van der Waals surface area contributed by atoms with Gasteiger partial charge in [-0.2, -0.15) is 14.5 Å². The molecule has 0 unspecified atom stereocenters. The van der Waals surface area contributed by atoms with Crippen LogP contribution in [-0.2, 0) is 13.1 Å². The van der Waals surface area contributed by atoms with Crippen LogP contribution in [0.4, 0.5) is 9.93 Å². The molecule has 2 heterocycles. The third-order valence-electron chi connectivity index (χ3n) is 4.38. The average molecular weight is 439 g/mol. The first-order chi connectivity index (χ1) is 14.6. The largest absolute Gasteiger partial charge is 0.323 e. The van der Waals surface area contributed by atoms with Crippen molar-refractivity contribution in [2.24, 2.45) is 0 Å². The van der Waals surface area contributed by atoms with Gasteiger partial charge < -0.3 is 4.90 Å². The summed E-state index contributed by atoms with van der Waals surface area (Å²) in [7, 11) is 1.73. The summed E-state index contributed by atoms with van der Waals surface area (Å²) in [6.07, 6.45) is 3.72. The quantitative estimate of drug-likeness (QED) is 0.470. The second kappa shape index (κ2) is 9.06. The third-order valence-corrected chi connectivity index (χ3v) is 5.27. The van der Waals surface area contributed by atoms with Crippen LogP contribution in [0.25, 0.3) is 11.4 Å². The molecule has 0 atom stereocenters. The predicted octanol–water partition coefficient (Wildman–Crippen LogP) is 4.77. The van der Waals surface area contributed by atoms with Crippen LogP contribution in [0.15, 0.2) is 67.0 Å². The van der Waals surface area contributed by atoms with Crippen LogP contribution < -0.4 is 5.32 Å². The summed E-state index contributed by atoms with van der Waals surface area (Å²) in [5, 5.41) is 8.26. The van der Waals surface area contributed by atoms with Gasteiger partial charge in [-0.25, -0.2) is 4.79 Å². The SMILES string of the molecule is CN(Cc1cnn(Cc2ccccc2)c1)C(=O)Nc1nc(-c2ccc(Cl)cc2)ns1. The van der Waals surface area contributed by atoms with E-state index in [0.29, 0.717) is 29.1 Å². The van der Waals surface area contributed by atoms with E-state index in [1.165, 1.54) is 5.56 Å². The van der Waals surface area contributed by atoms with E-state index in [-0.39, 0.29) is 6.03 Å². The number of amides is 2. The van der Waals surface area contributed by atoms with Gasteiger partial charge in [-0.3, -0.25) is 10.00 Å². The lowest BCUT2D eigenvalue weighted by Crippen LogP contribution is -2.30. The van der Waals surface area contributed by atoms with Crippen LogP contribution in [0.5, 0.6) is 0 Å². The van der Waals surface area contributed by atoms with Crippen LogP contribution in [0.2, 0.25) is 5.02 Å². The average Bonchev–Trinajstić information content (AvgIpc) is 3.39. The van der Waals surface area contributed by atoms with Gasteiger partial charge in [0.05, 0.1) is 19.3 Å². The number of carbonyl (C=O) groups is 1. The summed E-state index contributed by atoms with van der Waals surface area (Å²) in [4.78, 5) is 18.5. The first kappa shape index (κ1) is 20.1. The second-order valence-corrected chi connectivity index (χ2v) is 7.94. The van der Waals surface area contributed by atoms with E-state index < -0.39 is 0 Å². The van der Waals surface area contributed by atoms with E-state index in [9.17, 15) is 4.79 Å². The molecule has 2 aromatic heterocycles. The second-order valence-electron chi connectivity index (χ2n) is 6.75. The molecule has 30 heavy (non-hydrogen) atoms. The van der Waals surface area contributed by atoms with Gasteiger partial charge in [0.2, 0.25) is 5.13 Å². The highest BCUT2D eigenvalue weighted by Crippen LogP contribution is 2.23. The van der Waals surface area contributed by atoms with Gasteiger partial charge in [-0.1, -0.05) is 41.9 Å². The molecule has 0 bridgehead atoms. The Morgan fingerprint density at radius 1 is 1.13 bits per heavy atom. The number of halogens is 1. The number of nitrogens with one attached hydrogen (secondary N) is 1. The molecule has 0 aliphatic heterocycles. The van der Waals surface area contributed by atoms with Crippen molar-refractivity contribution in [3.05, 3.63) is 83.1 Å². The number of hydrogen-bond acceptors (Lipinski definition) is 5.